The minimum absolute atomic E-state index is 0.0684. The van der Waals surface area contributed by atoms with Crippen molar-refractivity contribution in [1.82, 2.24) is 20.0 Å². The molecule has 1 aliphatic heterocycles. The molecule has 0 saturated heterocycles. The highest BCUT2D eigenvalue weighted by molar-refractivity contribution is 5.80. The van der Waals surface area contributed by atoms with E-state index < -0.39 is 0 Å². The van der Waals surface area contributed by atoms with Gasteiger partial charge in [0.1, 0.15) is 17.6 Å². The van der Waals surface area contributed by atoms with Crippen molar-refractivity contribution in [3.8, 4) is 5.75 Å². The third-order valence-corrected chi connectivity index (χ3v) is 4.77. The van der Waals surface area contributed by atoms with Gasteiger partial charge in [-0.3, -0.25) is 14.4 Å². The molecule has 1 aromatic carbocycles. The standard InChI is InChI=1S/C20H22N4O3/c1-26-19-7-3-2-5-15(19)12-23-13-16-8-9-22-24(16)18(14-23)20(25)21-11-17-6-4-10-27-17/h2-10,18H,11-14H2,1H3,(H,21,25). The van der Waals surface area contributed by atoms with Crippen LogP contribution in [0.1, 0.15) is 23.1 Å². The Morgan fingerprint density at radius 1 is 1.30 bits per heavy atom. The van der Waals surface area contributed by atoms with Crippen molar-refractivity contribution in [3.63, 3.8) is 0 Å². The van der Waals surface area contributed by atoms with Gasteiger partial charge in [0.05, 0.1) is 25.6 Å². The van der Waals surface area contributed by atoms with Crippen molar-refractivity contribution >= 4 is 5.91 Å². The highest BCUT2D eigenvalue weighted by Crippen LogP contribution is 2.25. The van der Waals surface area contributed by atoms with Gasteiger partial charge >= 0.3 is 0 Å². The lowest BCUT2D eigenvalue weighted by Crippen LogP contribution is -2.44. The van der Waals surface area contributed by atoms with E-state index in [2.05, 4.69) is 21.4 Å². The SMILES string of the molecule is COc1ccccc1CN1Cc2ccnn2C(C(=O)NCc2ccco2)C1. The summed E-state index contributed by atoms with van der Waals surface area (Å²) in [4.78, 5) is 15.1. The van der Waals surface area contributed by atoms with E-state index in [1.165, 1.54) is 0 Å². The van der Waals surface area contributed by atoms with E-state index in [4.69, 9.17) is 9.15 Å². The molecule has 1 amide bonds. The first-order chi connectivity index (χ1) is 13.2. The Labute approximate surface area is 157 Å². The van der Waals surface area contributed by atoms with Crippen LogP contribution in [0, 0.1) is 0 Å². The largest absolute Gasteiger partial charge is 0.496 e. The van der Waals surface area contributed by atoms with Gasteiger partial charge in [0.2, 0.25) is 5.91 Å². The third kappa shape index (κ3) is 3.73. The summed E-state index contributed by atoms with van der Waals surface area (Å²) in [5.41, 5.74) is 2.12. The number of hydrogen-bond donors (Lipinski definition) is 1. The molecule has 0 fully saturated rings. The summed E-state index contributed by atoms with van der Waals surface area (Å²) in [7, 11) is 1.68. The number of methoxy groups -OCH3 is 1. The van der Waals surface area contributed by atoms with Crippen LogP contribution in [0.3, 0.4) is 0 Å². The average molecular weight is 366 g/mol. The lowest BCUT2D eigenvalue weighted by Gasteiger charge is -2.33. The average Bonchev–Trinajstić information content (AvgIpc) is 3.37. The number of ether oxygens (including phenoxy) is 1. The number of furan rings is 1. The zero-order valence-electron chi connectivity index (χ0n) is 15.2. The van der Waals surface area contributed by atoms with E-state index in [1.807, 2.05) is 41.1 Å². The molecule has 1 atom stereocenters. The molecule has 1 unspecified atom stereocenters. The van der Waals surface area contributed by atoms with Crippen molar-refractivity contribution in [3.05, 3.63) is 71.9 Å². The first kappa shape index (κ1) is 17.4. The van der Waals surface area contributed by atoms with Crippen molar-refractivity contribution in [2.24, 2.45) is 0 Å². The molecule has 4 rings (SSSR count). The van der Waals surface area contributed by atoms with Crippen LogP contribution in [-0.4, -0.2) is 34.2 Å². The third-order valence-electron chi connectivity index (χ3n) is 4.77. The van der Waals surface area contributed by atoms with Crippen molar-refractivity contribution in [2.75, 3.05) is 13.7 Å². The summed E-state index contributed by atoms with van der Waals surface area (Å²) in [6.07, 6.45) is 3.34. The highest BCUT2D eigenvalue weighted by Gasteiger charge is 2.31. The van der Waals surface area contributed by atoms with Crippen molar-refractivity contribution in [1.29, 1.82) is 0 Å². The van der Waals surface area contributed by atoms with Crippen LogP contribution < -0.4 is 10.1 Å². The lowest BCUT2D eigenvalue weighted by molar-refractivity contribution is -0.126. The second kappa shape index (κ2) is 7.67. The summed E-state index contributed by atoms with van der Waals surface area (Å²) in [6, 6.07) is 13.2. The quantitative estimate of drug-likeness (QED) is 0.725. The zero-order chi connectivity index (χ0) is 18.6. The number of hydrogen-bond acceptors (Lipinski definition) is 5. The van der Waals surface area contributed by atoms with E-state index in [0.717, 1.165) is 29.3 Å². The maximum Gasteiger partial charge on any atom is 0.246 e. The Morgan fingerprint density at radius 2 is 2.19 bits per heavy atom. The monoisotopic (exact) mass is 366 g/mol. The van der Waals surface area contributed by atoms with Crippen LogP contribution >= 0.6 is 0 Å². The molecule has 0 spiro atoms. The van der Waals surface area contributed by atoms with Gasteiger partial charge in [-0.15, -0.1) is 0 Å². The fourth-order valence-electron chi connectivity index (χ4n) is 3.46. The molecular weight excluding hydrogens is 344 g/mol. The molecule has 1 N–H and O–H groups in total. The minimum Gasteiger partial charge on any atom is -0.496 e. The van der Waals surface area contributed by atoms with E-state index >= 15 is 0 Å². The molecule has 2 aromatic heterocycles. The van der Waals surface area contributed by atoms with Crippen molar-refractivity contribution < 1.29 is 13.9 Å². The topological polar surface area (TPSA) is 72.5 Å². The number of benzene rings is 1. The van der Waals surface area contributed by atoms with Gasteiger partial charge in [0.15, 0.2) is 0 Å². The van der Waals surface area contributed by atoms with Gasteiger partial charge < -0.3 is 14.5 Å². The second-order valence-electron chi connectivity index (χ2n) is 6.56. The molecule has 7 nitrogen and oxygen atoms in total. The number of nitrogens with one attached hydrogen (secondary N) is 1. The lowest BCUT2D eigenvalue weighted by atomic mass is 10.1. The van der Waals surface area contributed by atoms with E-state index in [9.17, 15) is 4.79 Å². The molecule has 0 aliphatic carbocycles. The second-order valence-corrected chi connectivity index (χ2v) is 6.56. The number of rotatable bonds is 6. The Bertz CT molecular complexity index is 904. The van der Waals surface area contributed by atoms with Gasteiger partial charge in [0.25, 0.3) is 0 Å². The molecule has 27 heavy (non-hydrogen) atoms. The number of amides is 1. The predicted octanol–water partition coefficient (Wildman–Crippen LogP) is 2.36. The van der Waals surface area contributed by atoms with E-state index in [1.54, 1.807) is 19.6 Å². The van der Waals surface area contributed by atoms with Crippen LogP contribution in [0.4, 0.5) is 0 Å². The van der Waals surface area contributed by atoms with Crippen LogP contribution in [0.5, 0.6) is 5.75 Å². The number of fused-ring (bicyclic) bond motifs is 1. The maximum absolute atomic E-state index is 12.8. The number of para-hydroxylation sites is 1. The molecule has 0 saturated carbocycles. The Hall–Kier alpha value is -3.06. The molecule has 7 heteroatoms. The Balaban J connectivity index is 1.49. The number of carbonyl (C=O) groups is 1. The van der Waals surface area contributed by atoms with Gasteiger partial charge in [0, 0.05) is 31.4 Å². The van der Waals surface area contributed by atoms with Gasteiger partial charge in [-0.1, -0.05) is 18.2 Å². The molecule has 140 valence electrons. The summed E-state index contributed by atoms with van der Waals surface area (Å²) in [5, 5.41) is 7.31. The van der Waals surface area contributed by atoms with E-state index in [-0.39, 0.29) is 11.9 Å². The first-order valence-corrected chi connectivity index (χ1v) is 8.91. The van der Waals surface area contributed by atoms with Crippen molar-refractivity contribution in [2.45, 2.75) is 25.7 Å². The van der Waals surface area contributed by atoms with Crippen LogP contribution in [0.2, 0.25) is 0 Å². The molecule has 3 heterocycles. The van der Waals surface area contributed by atoms with Gasteiger partial charge in [-0.25, -0.2) is 0 Å². The Kier molecular flexibility index (Phi) is 4.93. The van der Waals surface area contributed by atoms with Crippen LogP contribution in [-0.2, 0) is 24.4 Å². The Morgan fingerprint density at radius 3 is 3.00 bits per heavy atom. The summed E-state index contributed by atoms with van der Waals surface area (Å²) in [5.74, 6) is 1.52. The number of nitrogens with zero attached hydrogens (tertiary/aromatic N) is 3. The number of aromatic nitrogens is 2. The molecule has 0 bridgehead atoms. The molecule has 0 radical (unpaired) electrons. The maximum atomic E-state index is 12.8. The van der Waals surface area contributed by atoms with Crippen LogP contribution in [0.15, 0.2) is 59.3 Å². The van der Waals surface area contributed by atoms with Crippen LogP contribution in [0.25, 0.3) is 0 Å². The fourth-order valence-corrected chi connectivity index (χ4v) is 3.46. The molecule has 3 aromatic rings. The highest BCUT2D eigenvalue weighted by atomic mass is 16.5. The minimum atomic E-state index is -0.381. The smallest absolute Gasteiger partial charge is 0.246 e. The summed E-state index contributed by atoms with van der Waals surface area (Å²) < 4.78 is 12.6. The fraction of sp³-hybridized carbons (Fsp3) is 0.300. The van der Waals surface area contributed by atoms with Gasteiger partial charge in [-0.2, -0.15) is 5.10 Å². The zero-order valence-corrected chi connectivity index (χ0v) is 15.2. The van der Waals surface area contributed by atoms with Gasteiger partial charge in [-0.05, 0) is 24.3 Å². The normalized spacial score (nSPS) is 16.7. The predicted molar refractivity (Wildman–Crippen MR) is 98.9 cm³/mol. The number of carbonyl (C=O) groups excluding carboxylic acids is 1. The summed E-state index contributed by atoms with van der Waals surface area (Å²) in [6.45, 7) is 2.39. The summed E-state index contributed by atoms with van der Waals surface area (Å²) >= 11 is 0. The van der Waals surface area contributed by atoms with E-state index in [0.29, 0.717) is 19.6 Å². The molecule has 1 aliphatic rings. The molecular formula is C20H22N4O3. The first-order valence-electron chi connectivity index (χ1n) is 8.91.